The molecule has 1 aromatic heterocycles. The zero-order valence-corrected chi connectivity index (χ0v) is 7.08. The predicted molar refractivity (Wildman–Crippen MR) is 46.8 cm³/mol. The molecule has 7 nitrogen and oxygen atoms in total. The van der Waals surface area contributed by atoms with Crippen LogP contribution >= 0.6 is 0 Å². The molecule has 13 heavy (non-hydrogen) atoms. The van der Waals surface area contributed by atoms with Gasteiger partial charge < -0.3 is 16.8 Å². The number of nitrogens with two attached hydrogens (primary N) is 2. The minimum absolute atomic E-state index is 0.102. The van der Waals surface area contributed by atoms with E-state index in [0.717, 1.165) is 6.42 Å². The smallest absolute Gasteiger partial charge is 0.275 e. The van der Waals surface area contributed by atoms with Gasteiger partial charge in [-0.15, -0.1) is 10.2 Å². The SMILES string of the molecule is NCCCNC(=O)c1n[nH]nc1N. The Balaban J connectivity index is 2.45. The fraction of sp³-hybridized carbons (Fsp3) is 0.500. The second-order valence-electron chi connectivity index (χ2n) is 2.46. The van der Waals surface area contributed by atoms with Gasteiger partial charge >= 0.3 is 0 Å². The molecular formula is C6H12N6O. The largest absolute Gasteiger partial charge is 0.380 e. The van der Waals surface area contributed by atoms with Crippen LogP contribution in [0, 0.1) is 0 Å². The number of H-pyrrole nitrogens is 1. The van der Waals surface area contributed by atoms with Crippen LogP contribution in [0.15, 0.2) is 0 Å². The molecule has 1 heterocycles. The number of aromatic nitrogens is 3. The summed E-state index contributed by atoms with van der Waals surface area (Å²) in [6, 6.07) is 0. The second-order valence-corrected chi connectivity index (χ2v) is 2.46. The normalized spacial score (nSPS) is 9.92. The first kappa shape index (κ1) is 9.46. The molecule has 0 unspecified atom stereocenters. The van der Waals surface area contributed by atoms with Crippen molar-refractivity contribution in [1.29, 1.82) is 0 Å². The van der Waals surface area contributed by atoms with E-state index in [-0.39, 0.29) is 17.4 Å². The number of carbonyl (C=O) groups is 1. The van der Waals surface area contributed by atoms with E-state index in [1.807, 2.05) is 0 Å². The van der Waals surface area contributed by atoms with Crippen molar-refractivity contribution in [2.75, 3.05) is 18.8 Å². The van der Waals surface area contributed by atoms with Crippen molar-refractivity contribution in [3.8, 4) is 0 Å². The Morgan fingerprint density at radius 1 is 1.54 bits per heavy atom. The number of anilines is 1. The van der Waals surface area contributed by atoms with Crippen LogP contribution in [0.25, 0.3) is 0 Å². The van der Waals surface area contributed by atoms with Gasteiger partial charge in [0.05, 0.1) is 0 Å². The average Bonchev–Trinajstić information content (AvgIpc) is 2.52. The summed E-state index contributed by atoms with van der Waals surface area (Å²) in [7, 11) is 0. The number of aromatic amines is 1. The van der Waals surface area contributed by atoms with Gasteiger partial charge in [0.25, 0.3) is 5.91 Å². The van der Waals surface area contributed by atoms with Gasteiger partial charge in [-0.1, -0.05) is 0 Å². The number of carbonyl (C=O) groups excluding carboxylic acids is 1. The molecule has 72 valence electrons. The van der Waals surface area contributed by atoms with Gasteiger partial charge in [-0.05, 0) is 13.0 Å². The van der Waals surface area contributed by atoms with Gasteiger partial charge in [-0.25, -0.2) is 0 Å². The van der Waals surface area contributed by atoms with Crippen LogP contribution in [0.5, 0.6) is 0 Å². The van der Waals surface area contributed by atoms with Gasteiger partial charge in [0.15, 0.2) is 11.5 Å². The maximum Gasteiger partial charge on any atom is 0.275 e. The molecule has 0 saturated carbocycles. The van der Waals surface area contributed by atoms with Crippen LogP contribution in [0.3, 0.4) is 0 Å². The highest BCUT2D eigenvalue weighted by Gasteiger charge is 2.12. The molecule has 6 N–H and O–H groups in total. The summed E-state index contributed by atoms with van der Waals surface area (Å²) in [4.78, 5) is 11.2. The van der Waals surface area contributed by atoms with Gasteiger partial charge in [0.1, 0.15) is 0 Å². The van der Waals surface area contributed by atoms with Crippen molar-refractivity contribution in [2.24, 2.45) is 5.73 Å². The summed E-state index contributed by atoms with van der Waals surface area (Å²) in [6.45, 7) is 1.05. The van der Waals surface area contributed by atoms with Crippen LogP contribution in [0.4, 0.5) is 5.82 Å². The number of rotatable bonds is 4. The monoisotopic (exact) mass is 184 g/mol. The molecule has 1 rings (SSSR count). The number of hydrogen-bond acceptors (Lipinski definition) is 5. The summed E-state index contributed by atoms with van der Waals surface area (Å²) in [5, 5.41) is 12.0. The first-order valence-corrected chi connectivity index (χ1v) is 3.90. The van der Waals surface area contributed by atoms with Crippen molar-refractivity contribution in [2.45, 2.75) is 6.42 Å². The van der Waals surface area contributed by atoms with Gasteiger partial charge in [-0.2, -0.15) is 5.21 Å². The van der Waals surface area contributed by atoms with Crippen molar-refractivity contribution in [1.82, 2.24) is 20.7 Å². The summed E-state index contributed by atoms with van der Waals surface area (Å²) in [5.41, 5.74) is 10.7. The Labute approximate surface area is 74.9 Å². The van der Waals surface area contributed by atoms with Crippen LogP contribution in [0.1, 0.15) is 16.9 Å². The van der Waals surface area contributed by atoms with E-state index < -0.39 is 0 Å². The summed E-state index contributed by atoms with van der Waals surface area (Å²) in [6.07, 6.45) is 0.726. The Kier molecular flexibility index (Phi) is 3.21. The number of hydrogen-bond donors (Lipinski definition) is 4. The lowest BCUT2D eigenvalue weighted by Crippen LogP contribution is -2.26. The van der Waals surface area contributed by atoms with E-state index in [0.29, 0.717) is 13.1 Å². The third kappa shape index (κ3) is 2.41. The Morgan fingerprint density at radius 3 is 2.85 bits per heavy atom. The minimum Gasteiger partial charge on any atom is -0.380 e. The van der Waals surface area contributed by atoms with E-state index in [4.69, 9.17) is 11.5 Å². The fourth-order valence-electron chi connectivity index (χ4n) is 0.794. The Morgan fingerprint density at radius 2 is 2.31 bits per heavy atom. The number of amides is 1. The molecule has 0 aromatic carbocycles. The lowest BCUT2D eigenvalue weighted by molar-refractivity contribution is 0.0949. The van der Waals surface area contributed by atoms with E-state index >= 15 is 0 Å². The van der Waals surface area contributed by atoms with Gasteiger partial charge in [0, 0.05) is 6.54 Å². The number of nitrogens with zero attached hydrogens (tertiary/aromatic N) is 2. The van der Waals surface area contributed by atoms with Crippen molar-refractivity contribution < 1.29 is 4.79 Å². The predicted octanol–water partition coefficient (Wildman–Crippen LogP) is -1.53. The number of nitrogen functional groups attached to an aromatic ring is 1. The molecule has 0 spiro atoms. The highest BCUT2D eigenvalue weighted by molar-refractivity contribution is 5.96. The molecule has 0 fully saturated rings. The molecule has 1 aromatic rings. The fourth-order valence-corrected chi connectivity index (χ4v) is 0.794. The van der Waals surface area contributed by atoms with Crippen molar-refractivity contribution in [3.05, 3.63) is 5.69 Å². The standard InChI is InChI=1S/C6H12N6O/c7-2-1-3-9-6(13)4-5(8)11-12-10-4/h1-3,7H2,(H,9,13)(H3,8,10,11,12). The third-order valence-corrected chi connectivity index (χ3v) is 1.46. The first-order valence-electron chi connectivity index (χ1n) is 3.90. The molecular weight excluding hydrogens is 172 g/mol. The van der Waals surface area contributed by atoms with Crippen LogP contribution in [-0.4, -0.2) is 34.4 Å². The highest BCUT2D eigenvalue weighted by Crippen LogP contribution is 2.00. The molecule has 0 aliphatic carbocycles. The van der Waals surface area contributed by atoms with E-state index in [2.05, 4.69) is 20.7 Å². The van der Waals surface area contributed by atoms with Gasteiger partial charge in [0.2, 0.25) is 0 Å². The maximum absolute atomic E-state index is 11.2. The topological polar surface area (TPSA) is 123 Å². The van der Waals surface area contributed by atoms with E-state index in [1.165, 1.54) is 0 Å². The lowest BCUT2D eigenvalue weighted by atomic mass is 10.3. The molecule has 1 amide bonds. The molecule has 0 bridgehead atoms. The average molecular weight is 184 g/mol. The molecule has 0 atom stereocenters. The van der Waals surface area contributed by atoms with Crippen LogP contribution in [-0.2, 0) is 0 Å². The summed E-state index contributed by atoms with van der Waals surface area (Å²) < 4.78 is 0. The molecule has 7 heteroatoms. The van der Waals surface area contributed by atoms with Crippen LogP contribution in [0.2, 0.25) is 0 Å². The van der Waals surface area contributed by atoms with Gasteiger partial charge in [-0.3, -0.25) is 4.79 Å². The number of nitrogens with one attached hydrogen (secondary N) is 2. The summed E-state index contributed by atoms with van der Waals surface area (Å²) >= 11 is 0. The molecule has 0 radical (unpaired) electrons. The molecule has 0 aliphatic rings. The second kappa shape index (κ2) is 4.41. The quantitative estimate of drug-likeness (QED) is 0.422. The van der Waals surface area contributed by atoms with E-state index in [1.54, 1.807) is 0 Å². The Hall–Kier alpha value is -1.63. The zero-order chi connectivity index (χ0) is 9.68. The Bertz CT molecular complexity index is 282. The van der Waals surface area contributed by atoms with Crippen molar-refractivity contribution in [3.63, 3.8) is 0 Å². The minimum atomic E-state index is -0.334. The summed E-state index contributed by atoms with van der Waals surface area (Å²) in [5.74, 6) is -0.232. The zero-order valence-electron chi connectivity index (χ0n) is 7.08. The van der Waals surface area contributed by atoms with Crippen molar-refractivity contribution >= 4 is 11.7 Å². The van der Waals surface area contributed by atoms with Crippen LogP contribution < -0.4 is 16.8 Å². The van der Waals surface area contributed by atoms with E-state index in [9.17, 15) is 4.79 Å². The third-order valence-electron chi connectivity index (χ3n) is 1.46. The molecule has 0 saturated heterocycles. The molecule has 0 aliphatic heterocycles. The maximum atomic E-state index is 11.2. The highest BCUT2D eigenvalue weighted by atomic mass is 16.2. The lowest BCUT2D eigenvalue weighted by Gasteiger charge is -2.00. The first-order chi connectivity index (χ1) is 6.25.